The molecule has 0 saturated carbocycles. The molecule has 1 aliphatic rings. The molecule has 0 bridgehead atoms. The van der Waals surface area contributed by atoms with Gasteiger partial charge in [0.25, 0.3) is 0 Å². The van der Waals surface area contributed by atoms with Crippen LogP contribution in [0.3, 0.4) is 0 Å². The summed E-state index contributed by atoms with van der Waals surface area (Å²) in [7, 11) is 0. The molecule has 1 aliphatic heterocycles. The van der Waals surface area contributed by atoms with E-state index in [0.29, 0.717) is 12.3 Å². The van der Waals surface area contributed by atoms with E-state index in [9.17, 15) is 9.90 Å². The summed E-state index contributed by atoms with van der Waals surface area (Å²) in [6.45, 7) is 14.0. The topological polar surface area (TPSA) is 61.4 Å². The van der Waals surface area contributed by atoms with Gasteiger partial charge in [-0.05, 0) is 67.2 Å². The molecule has 1 amide bonds. The molecular weight excluding hydrogens is 252 g/mol. The molecule has 1 heterocycles. The van der Waals surface area contributed by atoms with Crippen LogP contribution in [0.1, 0.15) is 67.7 Å². The molecule has 0 spiro atoms. The number of carbonyl (C=O) groups excluding carboxylic acids is 1. The van der Waals surface area contributed by atoms with E-state index in [1.807, 2.05) is 6.92 Å². The Morgan fingerprint density at radius 1 is 1.30 bits per heavy atom. The zero-order chi connectivity index (χ0) is 15.8. The van der Waals surface area contributed by atoms with Gasteiger partial charge in [0.05, 0.1) is 11.6 Å². The molecule has 0 aromatic carbocycles. The largest absolute Gasteiger partial charge is 0.388 e. The van der Waals surface area contributed by atoms with Crippen molar-refractivity contribution in [3.63, 3.8) is 0 Å². The van der Waals surface area contributed by atoms with Crippen LogP contribution in [0, 0.1) is 5.92 Å². The normalized spacial score (nSPS) is 24.2. The number of piperidine rings is 1. The molecule has 0 aliphatic carbocycles. The Morgan fingerprint density at radius 2 is 1.75 bits per heavy atom. The van der Waals surface area contributed by atoms with Crippen LogP contribution < -0.4 is 10.6 Å². The summed E-state index contributed by atoms with van der Waals surface area (Å²) >= 11 is 0. The second kappa shape index (κ2) is 5.64. The first kappa shape index (κ1) is 17.4. The lowest BCUT2D eigenvalue weighted by Crippen LogP contribution is -2.58. The SMILES string of the molecule is C[C@H](NC(=O)CC1CC(C)(C)NC(C)(C)C1)C(C)(C)O. The molecule has 1 fully saturated rings. The molecule has 4 heteroatoms. The Labute approximate surface area is 123 Å². The van der Waals surface area contributed by atoms with E-state index in [0.717, 1.165) is 12.8 Å². The molecule has 4 nitrogen and oxygen atoms in total. The van der Waals surface area contributed by atoms with Gasteiger partial charge in [0.2, 0.25) is 5.91 Å². The van der Waals surface area contributed by atoms with Crippen LogP contribution in [0.25, 0.3) is 0 Å². The highest BCUT2D eigenvalue weighted by Gasteiger charge is 2.38. The van der Waals surface area contributed by atoms with Gasteiger partial charge in [0.15, 0.2) is 0 Å². The van der Waals surface area contributed by atoms with E-state index >= 15 is 0 Å². The highest BCUT2D eigenvalue weighted by Crippen LogP contribution is 2.34. The fraction of sp³-hybridized carbons (Fsp3) is 0.938. The minimum Gasteiger partial charge on any atom is -0.388 e. The van der Waals surface area contributed by atoms with Gasteiger partial charge in [-0.15, -0.1) is 0 Å². The van der Waals surface area contributed by atoms with Gasteiger partial charge in [-0.1, -0.05) is 0 Å². The smallest absolute Gasteiger partial charge is 0.220 e. The zero-order valence-corrected chi connectivity index (χ0v) is 14.1. The lowest BCUT2D eigenvalue weighted by Gasteiger charge is -2.46. The Balaban J connectivity index is 2.58. The van der Waals surface area contributed by atoms with Crippen molar-refractivity contribution in [2.75, 3.05) is 0 Å². The van der Waals surface area contributed by atoms with Crippen LogP contribution in [0.2, 0.25) is 0 Å². The highest BCUT2D eigenvalue weighted by atomic mass is 16.3. The molecule has 0 aromatic heterocycles. The fourth-order valence-electron chi connectivity index (χ4n) is 3.42. The average Bonchev–Trinajstić information content (AvgIpc) is 2.09. The molecule has 1 atom stereocenters. The van der Waals surface area contributed by atoms with E-state index < -0.39 is 5.60 Å². The van der Waals surface area contributed by atoms with Gasteiger partial charge < -0.3 is 15.7 Å². The molecule has 0 unspecified atom stereocenters. The lowest BCUT2D eigenvalue weighted by atomic mass is 9.74. The number of amides is 1. The molecule has 0 aromatic rings. The van der Waals surface area contributed by atoms with Crippen LogP contribution >= 0.6 is 0 Å². The molecular formula is C16H32N2O2. The predicted molar refractivity (Wildman–Crippen MR) is 82.5 cm³/mol. The molecule has 3 N–H and O–H groups in total. The van der Waals surface area contributed by atoms with Crippen LogP contribution in [-0.4, -0.2) is 33.7 Å². The predicted octanol–water partition coefficient (Wildman–Crippen LogP) is 2.21. The number of hydrogen-bond acceptors (Lipinski definition) is 3. The molecule has 1 saturated heterocycles. The maximum Gasteiger partial charge on any atom is 0.220 e. The second-order valence-electron chi connectivity index (χ2n) is 8.31. The maximum absolute atomic E-state index is 12.1. The Hall–Kier alpha value is -0.610. The van der Waals surface area contributed by atoms with Crippen molar-refractivity contribution in [1.82, 2.24) is 10.6 Å². The first-order valence-electron chi connectivity index (χ1n) is 7.62. The average molecular weight is 284 g/mol. The van der Waals surface area contributed by atoms with Crippen LogP contribution in [0.4, 0.5) is 0 Å². The summed E-state index contributed by atoms with van der Waals surface area (Å²) in [5.41, 5.74) is -0.758. The van der Waals surface area contributed by atoms with Crippen LogP contribution in [-0.2, 0) is 4.79 Å². The van der Waals surface area contributed by atoms with Crippen LogP contribution in [0.5, 0.6) is 0 Å². The monoisotopic (exact) mass is 284 g/mol. The van der Waals surface area contributed by atoms with Crippen molar-refractivity contribution in [2.24, 2.45) is 5.92 Å². The first-order valence-corrected chi connectivity index (χ1v) is 7.62. The Morgan fingerprint density at radius 3 is 2.15 bits per heavy atom. The fourth-order valence-corrected chi connectivity index (χ4v) is 3.42. The number of carbonyl (C=O) groups is 1. The minimum absolute atomic E-state index is 0.0399. The molecule has 1 rings (SSSR count). The second-order valence-corrected chi connectivity index (χ2v) is 8.31. The van der Waals surface area contributed by atoms with E-state index in [1.165, 1.54) is 0 Å². The van der Waals surface area contributed by atoms with Crippen LogP contribution in [0.15, 0.2) is 0 Å². The van der Waals surface area contributed by atoms with Crippen molar-refractivity contribution < 1.29 is 9.90 Å². The van der Waals surface area contributed by atoms with E-state index in [2.05, 4.69) is 38.3 Å². The summed E-state index contributed by atoms with van der Waals surface area (Å²) in [4.78, 5) is 12.1. The number of rotatable bonds is 4. The molecule has 0 radical (unpaired) electrons. The van der Waals surface area contributed by atoms with Crippen molar-refractivity contribution in [3.05, 3.63) is 0 Å². The Bertz CT molecular complexity index is 340. The minimum atomic E-state index is -0.887. The van der Waals surface area contributed by atoms with Gasteiger partial charge in [-0.2, -0.15) is 0 Å². The third kappa shape index (κ3) is 5.41. The summed E-state index contributed by atoms with van der Waals surface area (Å²) < 4.78 is 0. The quantitative estimate of drug-likeness (QED) is 0.742. The first-order chi connectivity index (χ1) is 8.81. The van der Waals surface area contributed by atoms with Gasteiger partial charge in [-0.3, -0.25) is 4.79 Å². The van der Waals surface area contributed by atoms with Gasteiger partial charge >= 0.3 is 0 Å². The summed E-state index contributed by atoms with van der Waals surface area (Å²) in [5.74, 6) is 0.424. The van der Waals surface area contributed by atoms with Gasteiger partial charge in [-0.25, -0.2) is 0 Å². The molecule has 20 heavy (non-hydrogen) atoms. The number of hydrogen-bond donors (Lipinski definition) is 3. The van der Waals surface area contributed by atoms with E-state index in [1.54, 1.807) is 13.8 Å². The highest BCUT2D eigenvalue weighted by molar-refractivity contribution is 5.76. The van der Waals surface area contributed by atoms with Crippen molar-refractivity contribution in [3.8, 4) is 0 Å². The summed E-state index contributed by atoms with van der Waals surface area (Å²) in [6.07, 6.45) is 2.54. The van der Waals surface area contributed by atoms with Gasteiger partial charge in [0, 0.05) is 17.5 Å². The standard InChI is InChI=1S/C16H32N2O2/c1-11(16(6,7)20)17-13(19)8-12-9-14(2,3)18-15(4,5)10-12/h11-12,18,20H,8-10H2,1-7H3,(H,17,19)/t11-/m0/s1. The number of nitrogens with one attached hydrogen (secondary N) is 2. The molecule has 118 valence electrons. The third-order valence-corrected chi connectivity index (χ3v) is 4.19. The number of aliphatic hydroxyl groups is 1. The third-order valence-electron chi connectivity index (χ3n) is 4.19. The lowest BCUT2D eigenvalue weighted by molar-refractivity contribution is -0.125. The summed E-state index contributed by atoms with van der Waals surface area (Å²) in [6, 6.07) is -0.238. The zero-order valence-electron chi connectivity index (χ0n) is 14.1. The maximum atomic E-state index is 12.1. The summed E-state index contributed by atoms with van der Waals surface area (Å²) in [5, 5.41) is 16.4. The van der Waals surface area contributed by atoms with Gasteiger partial charge in [0.1, 0.15) is 0 Å². The van der Waals surface area contributed by atoms with E-state index in [-0.39, 0.29) is 23.0 Å². The van der Waals surface area contributed by atoms with Crippen molar-refractivity contribution in [2.45, 2.75) is 90.4 Å². The Kier molecular flexibility index (Phi) is 4.92. The van der Waals surface area contributed by atoms with Crippen molar-refractivity contribution in [1.29, 1.82) is 0 Å². The van der Waals surface area contributed by atoms with Crippen molar-refractivity contribution >= 4 is 5.91 Å². The van der Waals surface area contributed by atoms with E-state index in [4.69, 9.17) is 0 Å².